The number of hydrogen-bond donors (Lipinski definition) is 1. The Bertz CT molecular complexity index is 1120. The molecular weight excluding hydrogens is 371 g/mol. The number of ether oxygens (including phenoxy) is 1. The lowest BCUT2D eigenvalue weighted by Crippen LogP contribution is -2.16. The quantitative estimate of drug-likeness (QED) is 0.403. The first kappa shape index (κ1) is 19.9. The molecule has 146 valence electrons. The Morgan fingerprint density at radius 2 is 1.76 bits per heavy atom. The molecule has 0 aromatic heterocycles. The average molecular weight is 390 g/mol. The van der Waals surface area contributed by atoms with Crippen molar-refractivity contribution >= 4 is 18.0 Å². The summed E-state index contributed by atoms with van der Waals surface area (Å²) in [4.78, 5) is 27.1. The van der Waals surface area contributed by atoms with E-state index in [1.165, 1.54) is 19.2 Å². The van der Waals surface area contributed by atoms with Gasteiger partial charge in [0.2, 0.25) is 0 Å². The van der Waals surface area contributed by atoms with E-state index in [0.29, 0.717) is 12.0 Å². The van der Waals surface area contributed by atoms with E-state index in [1.54, 1.807) is 18.2 Å². The highest BCUT2D eigenvalue weighted by Crippen LogP contribution is 2.33. The van der Waals surface area contributed by atoms with Crippen LogP contribution in [0.1, 0.15) is 31.8 Å². The number of aryl methyl sites for hydroxylation is 1. The third-order valence-electron chi connectivity index (χ3n) is 4.53. The van der Waals surface area contributed by atoms with E-state index < -0.39 is 11.7 Å². The molecule has 3 rings (SSSR count). The Hall–Kier alpha value is -3.80. The van der Waals surface area contributed by atoms with Crippen molar-refractivity contribution in [2.75, 3.05) is 7.11 Å². The van der Waals surface area contributed by atoms with E-state index in [9.17, 15) is 14.0 Å². The van der Waals surface area contributed by atoms with Crippen molar-refractivity contribution in [2.45, 2.75) is 6.92 Å². The lowest BCUT2D eigenvalue weighted by atomic mass is 9.98. The van der Waals surface area contributed by atoms with Crippen LogP contribution in [0.15, 0.2) is 65.7 Å². The number of halogens is 1. The summed E-state index contributed by atoms with van der Waals surface area (Å²) in [6.07, 6.45) is 0.403. The molecule has 2 N–H and O–H groups in total. The molecule has 0 atom stereocenters. The van der Waals surface area contributed by atoms with Crippen LogP contribution in [-0.2, 0) is 0 Å². The summed E-state index contributed by atoms with van der Waals surface area (Å²) in [5.74, 6) is -0.932. The largest absolute Gasteiger partial charge is 0.496 e. The van der Waals surface area contributed by atoms with Gasteiger partial charge in [0, 0.05) is 16.7 Å². The average Bonchev–Trinajstić information content (AvgIpc) is 2.73. The fraction of sp³-hybridized carbons (Fsp3) is 0.0870. The number of hydrogen-bond acceptors (Lipinski definition) is 3. The van der Waals surface area contributed by atoms with E-state index in [4.69, 9.17) is 10.5 Å². The molecular formula is C23H19FN2O3. The van der Waals surface area contributed by atoms with Crippen LogP contribution in [-0.4, -0.2) is 25.1 Å². The first-order valence-corrected chi connectivity index (χ1v) is 8.82. The summed E-state index contributed by atoms with van der Waals surface area (Å²) >= 11 is 0. The predicted molar refractivity (Wildman–Crippen MR) is 110 cm³/mol. The molecule has 0 spiro atoms. The second-order valence-corrected chi connectivity index (χ2v) is 6.39. The monoisotopic (exact) mass is 390 g/mol. The number of amidine groups is 1. The maximum absolute atomic E-state index is 13.8. The van der Waals surface area contributed by atoms with E-state index in [0.717, 1.165) is 22.8 Å². The molecule has 0 radical (unpaired) electrons. The van der Waals surface area contributed by atoms with Gasteiger partial charge in [-0.15, -0.1) is 0 Å². The van der Waals surface area contributed by atoms with E-state index in [-0.39, 0.29) is 22.5 Å². The number of nitrogens with zero attached hydrogens (tertiary/aromatic N) is 1. The standard InChI is InChI=1S/C23H19FN2O3/c1-14-5-3-4-6-18(14)19-10-9-16(12-21(19)29-2)23(28)26-22(25)15-7-8-17(13-27)20(24)11-15/h3-13H,1-2H3,(H2,25,26,28). The molecule has 1 amide bonds. The van der Waals surface area contributed by atoms with Gasteiger partial charge in [0.1, 0.15) is 17.4 Å². The van der Waals surface area contributed by atoms with Gasteiger partial charge in [-0.2, -0.15) is 4.99 Å². The number of aliphatic imine (C=N–C) groups is 1. The third-order valence-corrected chi connectivity index (χ3v) is 4.53. The smallest absolute Gasteiger partial charge is 0.279 e. The molecule has 5 nitrogen and oxygen atoms in total. The van der Waals surface area contributed by atoms with Gasteiger partial charge < -0.3 is 10.5 Å². The van der Waals surface area contributed by atoms with Gasteiger partial charge in [0.05, 0.1) is 12.7 Å². The Labute approximate surface area is 167 Å². The lowest BCUT2D eigenvalue weighted by molar-refractivity contribution is 0.100. The highest BCUT2D eigenvalue weighted by atomic mass is 19.1. The maximum Gasteiger partial charge on any atom is 0.279 e. The number of carbonyl (C=O) groups excluding carboxylic acids is 2. The van der Waals surface area contributed by atoms with Crippen LogP contribution in [0.3, 0.4) is 0 Å². The number of rotatable bonds is 5. The van der Waals surface area contributed by atoms with Crippen LogP contribution in [0.25, 0.3) is 11.1 Å². The number of methoxy groups -OCH3 is 1. The van der Waals surface area contributed by atoms with Crippen molar-refractivity contribution in [2.24, 2.45) is 10.7 Å². The van der Waals surface area contributed by atoms with Crippen molar-refractivity contribution in [3.63, 3.8) is 0 Å². The summed E-state index contributed by atoms with van der Waals surface area (Å²) in [5, 5.41) is 0. The van der Waals surface area contributed by atoms with Crippen LogP contribution in [0.4, 0.5) is 4.39 Å². The lowest BCUT2D eigenvalue weighted by Gasteiger charge is -2.12. The summed E-state index contributed by atoms with van der Waals surface area (Å²) in [7, 11) is 1.53. The number of carbonyl (C=O) groups is 2. The number of aldehydes is 1. The molecule has 3 aromatic rings. The Morgan fingerprint density at radius 1 is 1.03 bits per heavy atom. The normalized spacial score (nSPS) is 11.2. The van der Waals surface area contributed by atoms with Crippen molar-refractivity contribution in [1.82, 2.24) is 0 Å². The molecule has 3 aromatic carbocycles. The van der Waals surface area contributed by atoms with Gasteiger partial charge in [0.15, 0.2) is 6.29 Å². The van der Waals surface area contributed by atoms with E-state index >= 15 is 0 Å². The second kappa shape index (κ2) is 8.48. The number of amides is 1. The van der Waals surface area contributed by atoms with Gasteiger partial charge in [-0.3, -0.25) is 9.59 Å². The molecule has 0 aliphatic heterocycles. The maximum atomic E-state index is 13.8. The van der Waals surface area contributed by atoms with Crippen LogP contribution in [0.5, 0.6) is 5.75 Å². The predicted octanol–water partition coefficient (Wildman–Crippen LogP) is 4.17. The van der Waals surface area contributed by atoms with Crippen molar-refractivity contribution in [3.8, 4) is 16.9 Å². The molecule has 0 aliphatic carbocycles. The Balaban J connectivity index is 1.93. The third kappa shape index (κ3) is 4.21. The van der Waals surface area contributed by atoms with Crippen molar-refractivity contribution in [1.29, 1.82) is 0 Å². The zero-order chi connectivity index (χ0) is 21.0. The van der Waals surface area contributed by atoms with Crippen LogP contribution in [0, 0.1) is 12.7 Å². The van der Waals surface area contributed by atoms with E-state index in [2.05, 4.69) is 4.99 Å². The molecule has 0 saturated heterocycles. The van der Waals surface area contributed by atoms with Gasteiger partial charge in [0.25, 0.3) is 5.91 Å². The molecule has 0 saturated carbocycles. The molecule has 0 unspecified atom stereocenters. The zero-order valence-electron chi connectivity index (χ0n) is 16.0. The number of nitrogens with two attached hydrogens (primary N) is 1. The second-order valence-electron chi connectivity index (χ2n) is 6.39. The fourth-order valence-corrected chi connectivity index (χ4v) is 2.94. The van der Waals surface area contributed by atoms with E-state index in [1.807, 2.05) is 31.2 Å². The number of benzene rings is 3. The zero-order valence-corrected chi connectivity index (χ0v) is 16.0. The van der Waals surface area contributed by atoms with Gasteiger partial charge in [-0.1, -0.05) is 30.3 Å². The Morgan fingerprint density at radius 3 is 2.41 bits per heavy atom. The molecule has 0 bridgehead atoms. The molecule has 6 heteroatoms. The minimum Gasteiger partial charge on any atom is -0.496 e. The minimum absolute atomic E-state index is 0.0931. The Kier molecular flexibility index (Phi) is 5.83. The topological polar surface area (TPSA) is 81.8 Å². The van der Waals surface area contributed by atoms with Gasteiger partial charge in [-0.25, -0.2) is 4.39 Å². The van der Waals surface area contributed by atoms with Crippen molar-refractivity contribution in [3.05, 3.63) is 88.7 Å². The summed E-state index contributed by atoms with van der Waals surface area (Å²) in [6.45, 7) is 1.99. The highest BCUT2D eigenvalue weighted by Gasteiger charge is 2.14. The molecule has 0 fully saturated rings. The summed E-state index contributed by atoms with van der Waals surface area (Å²) in [6, 6.07) is 16.7. The van der Waals surface area contributed by atoms with Gasteiger partial charge in [-0.05, 0) is 48.4 Å². The van der Waals surface area contributed by atoms with Crippen LogP contribution in [0.2, 0.25) is 0 Å². The molecule has 0 heterocycles. The van der Waals surface area contributed by atoms with Crippen LogP contribution >= 0.6 is 0 Å². The SMILES string of the molecule is COc1cc(C(=O)N=C(N)c2ccc(C=O)c(F)c2)ccc1-c1ccccc1C. The van der Waals surface area contributed by atoms with Gasteiger partial charge >= 0.3 is 0 Å². The first-order valence-electron chi connectivity index (χ1n) is 8.82. The minimum atomic E-state index is -0.729. The van der Waals surface area contributed by atoms with Crippen LogP contribution < -0.4 is 10.5 Å². The first-order chi connectivity index (χ1) is 13.9. The van der Waals surface area contributed by atoms with Crippen molar-refractivity contribution < 1.29 is 18.7 Å². The summed E-state index contributed by atoms with van der Waals surface area (Å²) < 4.78 is 19.2. The molecule has 0 aliphatic rings. The fourth-order valence-electron chi connectivity index (χ4n) is 2.94. The molecule has 29 heavy (non-hydrogen) atoms. The summed E-state index contributed by atoms with van der Waals surface area (Å²) in [5.41, 5.74) is 9.18. The highest BCUT2D eigenvalue weighted by molar-refractivity contribution is 6.09.